The summed E-state index contributed by atoms with van der Waals surface area (Å²) in [6, 6.07) is 0. The highest BCUT2D eigenvalue weighted by molar-refractivity contribution is 5.94. The first-order valence-electron chi connectivity index (χ1n) is 6.55. The average molecular weight is 304 g/mol. The van der Waals surface area contributed by atoms with Gasteiger partial charge in [-0.3, -0.25) is 0 Å². The van der Waals surface area contributed by atoms with Gasteiger partial charge in [-0.05, 0) is 6.92 Å². The molecule has 21 heavy (non-hydrogen) atoms. The van der Waals surface area contributed by atoms with Crippen molar-refractivity contribution < 1.29 is 38.0 Å². The van der Waals surface area contributed by atoms with Gasteiger partial charge in [-0.2, -0.15) is 0 Å². The van der Waals surface area contributed by atoms with E-state index in [2.05, 4.69) is 0 Å². The first-order chi connectivity index (χ1) is 9.96. The van der Waals surface area contributed by atoms with Crippen molar-refractivity contribution in [2.75, 3.05) is 35.0 Å². The zero-order valence-electron chi connectivity index (χ0n) is 12.8. The number of hydrogen-bond acceptors (Lipinski definition) is 8. The molecule has 1 saturated carbocycles. The molecule has 3 aliphatic rings. The van der Waals surface area contributed by atoms with Gasteiger partial charge < -0.3 is 28.4 Å². The lowest BCUT2D eigenvalue weighted by Gasteiger charge is -2.57. The summed E-state index contributed by atoms with van der Waals surface area (Å²) in [5.74, 6) is -3.06. The fourth-order valence-electron chi connectivity index (χ4n) is 3.50. The maximum atomic E-state index is 12.3. The Hall–Kier alpha value is -1.22. The first-order valence-corrected chi connectivity index (χ1v) is 6.55. The second kappa shape index (κ2) is 5.20. The lowest BCUT2D eigenvalue weighted by molar-refractivity contribution is -0.444. The number of carbonyl (C=O) groups excluding carboxylic acids is 2. The predicted octanol–water partition coefficient (Wildman–Crippen LogP) is -0.362. The molecule has 0 radical (unpaired) electrons. The molecule has 2 heterocycles. The molecular formula is C13H20O8. The minimum atomic E-state index is -1.66. The van der Waals surface area contributed by atoms with Crippen LogP contribution < -0.4 is 0 Å². The highest BCUT2D eigenvalue weighted by Gasteiger charge is 2.94. The predicted molar refractivity (Wildman–Crippen MR) is 67.4 cm³/mol. The van der Waals surface area contributed by atoms with Crippen LogP contribution in [0.5, 0.6) is 0 Å². The van der Waals surface area contributed by atoms with E-state index in [0.29, 0.717) is 6.61 Å². The molecule has 0 spiro atoms. The van der Waals surface area contributed by atoms with Crippen molar-refractivity contribution in [1.82, 2.24) is 0 Å². The van der Waals surface area contributed by atoms with Crippen molar-refractivity contribution in [3.05, 3.63) is 0 Å². The van der Waals surface area contributed by atoms with E-state index in [1.807, 2.05) is 0 Å². The molecular weight excluding hydrogens is 284 g/mol. The van der Waals surface area contributed by atoms with Gasteiger partial charge in [0.15, 0.2) is 0 Å². The molecule has 2 aliphatic heterocycles. The molecule has 2 saturated heterocycles. The summed E-state index contributed by atoms with van der Waals surface area (Å²) < 4.78 is 31.7. The van der Waals surface area contributed by atoms with Crippen LogP contribution in [-0.2, 0) is 38.0 Å². The second-order valence-electron chi connectivity index (χ2n) is 4.82. The van der Waals surface area contributed by atoms with Crippen LogP contribution in [0.15, 0.2) is 0 Å². The normalized spacial score (nSPS) is 36.0. The Labute approximate surface area is 122 Å². The van der Waals surface area contributed by atoms with E-state index in [9.17, 15) is 9.59 Å². The molecule has 0 aromatic heterocycles. The lowest BCUT2D eigenvalue weighted by atomic mass is 9.79. The third-order valence-corrected chi connectivity index (χ3v) is 4.23. The summed E-state index contributed by atoms with van der Waals surface area (Å²) in [5.41, 5.74) is -3.21. The molecule has 3 fully saturated rings. The van der Waals surface area contributed by atoms with Crippen LogP contribution in [0.25, 0.3) is 0 Å². The van der Waals surface area contributed by atoms with E-state index >= 15 is 0 Å². The Morgan fingerprint density at radius 2 is 1.67 bits per heavy atom. The summed E-state index contributed by atoms with van der Waals surface area (Å²) in [6.07, 6.45) is -0.668. The van der Waals surface area contributed by atoms with Crippen molar-refractivity contribution in [2.45, 2.75) is 36.4 Å². The van der Waals surface area contributed by atoms with Crippen LogP contribution in [0, 0.1) is 0 Å². The molecule has 2 bridgehead atoms. The van der Waals surface area contributed by atoms with Crippen LogP contribution in [0.3, 0.4) is 0 Å². The third-order valence-electron chi connectivity index (χ3n) is 4.23. The van der Waals surface area contributed by atoms with E-state index in [1.54, 1.807) is 6.92 Å². The maximum absolute atomic E-state index is 12.3. The third kappa shape index (κ3) is 1.53. The van der Waals surface area contributed by atoms with E-state index in [0.717, 1.165) is 0 Å². The molecule has 1 aliphatic carbocycles. The summed E-state index contributed by atoms with van der Waals surface area (Å²) in [7, 11) is 5.10. The minimum absolute atomic E-state index is 0.0737. The van der Waals surface area contributed by atoms with Gasteiger partial charge in [0, 0.05) is 27.2 Å². The van der Waals surface area contributed by atoms with Crippen molar-refractivity contribution in [2.24, 2.45) is 0 Å². The summed E-state index contributed by atoms with van der Waals surface area (Å²) in [5, 5.41) is 0. The SMILES string of the molecule is CCO[C@@H]1C[C@]2(C(=O)OC)O[C@@]1(C(=O)OC)C2(OC)OC. The molecule has 8 heteroatoms. The van der Waals surface area contributed by atoms with Gasteiger partial charge in [0.05, 0.1) is 14.2 Å². The zero-order chi connectivity index (χ0) is 15.9. The topological polar surface area (TPSA) is 89.5 Å². The fraction of sp³-hybridized carbons (Fsp3) is 0.846. The summed E-state index contributed by atoms with van der Waals surface area (Å²) >= 11 is 0. The van der Waals surface area contributed by atoms with Gasteiger partial charge in [0.25, 0.3) is 11.4 Å². The molecule has 3 atom stereocenters. The van der Waals surface area contributed by atoms with Crippen LogP contribution in [0.4, 0.5) is 0 Å². The highest BCUT2D eigenvalue weighted by atomic mass is 16.8. The number of methoxy groups -OCH3 is 4. The molecule has 0 N–H and O–H groups in total. The number of esters is 2. The fourth-order valence-corrected chi connectivity index (χ4v) is 3.50. The molecule has 0 unspecified atom stereocenters. The lowest BCUT2D eigenvalue weighted by Crippen LogP contribution is -2.84. The van der Waals surface area contributed by atoms with Gasteiger partial charge in [-0.15, -0.1) is 0 Å². The van der Waals surface area contributed by atoms with Crippen LogP contribution >= 0.6 is 0 Å². The number of rotatable bonds is 6. The number of carbonyl (C=O) groups is 2. The molecule has 0 aromatic carbocycles. The number of hydrogen-bond donors (Lipinski definition) is 0. The largest absolute Gasteiger partial charge is 0.467 e. The number of fused-ring (bicyclic) bond motifs is 1. The van der Waals surface area contributed by atoms with Crippen molar-refractivity contribution in [3.8, 4) is 0 Å². The maximum Gasteiger partial charge on any atom is 0.346 e. The van der Waals surface area contributed by atoms with E-state index in [1.165, 1.54) is 28.4 Å². The average Bonchev–Trinajstić information content (AvgIpc) is 2.96. The van der Waals surface area contributed by atoms with Crippen LogP contribution in [0.1, 0.15) is 13.3 Å². The Balaban J connectivity index is 2.56. The van der Waals surface area contributed by atoms with Gasteiger partial charge in [-0.1, -0.05) is 0 Å². The molecule has 0 amide bonds. The Morgan fingerprint density at radius 1 is 1.10 bits per heavy atom. The van der Waals surface area contributed by atoms with Crippen LogP contribution in [-0.4, -0.2) is 70.1 Å². The van der Waals surface area contributed by atoms with Crippen molar-refractivity contribution >= 4 is 11.9 Å². The quantitative estimate of drug-likeness (QED) is 0.485. The zero-order valence-corrected chi connectivity index (χ0v) is 12.8. The van der Waals surface area contributed by atoms with Gasteiger partial charge >= 0.3 is 11.9 Å². The van der Waals surface area contributed by atoms with E-state index < -0.39 is 35.0 Å². The smallest absolute Gasteiger partial charge is 0.346 e. The van der Waals surface area contributed by atoms with Crippen molar-refractivity contribution in [1.29, 1.82) is 0 Å². The highest BCUT2D eigenvalue weighted by Crippen LogP contribution is 2.65. The van der Waals surface area contributed by atoms with Gasteiger partial charge in [0.1, 0.15) is 6.10 Å². The van der Waals surface area contributed by atoms with Crippen LogP contribution in [0.2, 0.25) is 0 Å². The van der Waals surface area contributed by atoms with E-state index in [-0.39, 0.29) is 6.42 Å². The first kappa shape index (κ1) is 16.2. The van der Waals surface area contributed by atoms with E-state index in [4.69, 9.17) is 28.4 Å². The summed E-state index contributed by atoms with van der Waals surface area (Å²) in [6.45, 7) is 2.10. The number of ether oxygens (including phenoxy) is 6. The standard InChI is InChI=1S/C13H20O8/c1-6-20-8-7-11(9(14)16-2)13(18-4,19-5)12(8,21-11)10(15)17-3/h8H,6-7H2,1-5H3/t8-,11-,12+/m1/s1. The monoisotopic (exact) mass is 304 g/mol. The Morgan fingerprint density at radius 3 is 2.10 bits per heavy atom. The Kier molecular flexibility index (Phi) is 4.00. The molecule has 0 aromatic rings. The summed E-state index contributed by atoms with van der Waals surface area (Å²) in [4.78, 5) is 24.5. The van der Waals surface area contributed by atoms with Crippen molar-refractivity contribution in [3.63, 3.8) is 0 Å². The molecule has 120 valence electrons. The molecule has 8 nitrogen and oxygen atoms in total. The second-order valence-corrected chi connectivity index (χ2v) is 4.82. The molecule has 3 rings (SSSR count). The van der Waals surface area contributed by atoms with Gasteiger partial charge in [0.2, 0.25) is 5.60 Å². The minimum Gasteiger partial charge on any atom is -0.467 e. The Bertz CT molecular complexity index is 445. The van der Waals surface area contributed by atoms with Gasteiger partial charge in [-0.25, -0.2) is 9.59 Å².